The van der Waals surface area contributed by atoms with Gasteiger partial charge in [-0.3, -0.25) is 0 Å². The second kappa shape index (κ2) is 6.77. The Balaban J connectivity index is 2.33. The van der Waals surface area contributed by atoms with Crippen molar-refractivity contribution in [2.24, 2.45) is 5.73 Å². The van der Waals surface area contributed by atoms with Crippen molar-refractivity contribution in [1.29, 1.82) is 0 Å². The van der Waals surface area contributed by atoms with Crippen LogP contribution < -0.4 is 15.4 Å². The van der Waals surface area contributed by atoms with Gasteiger partial charge in [-0.15, -0.1) is 0 Å². The summed E-state index contributed by atoms with van der Waals surface area (Å²) in [7, 11) is 3.72. The molecule has 0 radical (unpaired) electrons. The number of rotatable bonds is 5. The van der Waals surface area contributed by atoms with Crippen molar-refractivity contribution in [2.45, 2.75) is 6.04 Å². The van der Waals surface area contributed by atoms with Crippen molar-refractivity contribution in [3.63, 3.8) is 0 Å². The largest absolute Gasteiger partial charge is 0.497 e. The van der Waals surface area contributed by atoms with Gasteiger partial charge in [0.1, 0.15) is 5.75 Å². The number of benzene rings is 2. The van der Waals surface area contributed by atoms with Crippen LogP contribution in [-0.2, 0) is 0 Å². The van der Waals surface area contributed by atoms with Gasteiger partial charge in [0, 0.05) is 29.8 Å². The zero-order chi connectivity index (χ0) is 14.5. The van der Waals surface area contributed by atoms with Gasteiger partial charge < -0.3 is 15.4 Å². The van der Waals surface area contributed by atoms with Crippen LogP contribution in [0.3, 0.4) is 0 Å². The summed E-state index contributed by atoms with van der Waals surface area (Å²) < 4.78 is 6.35. The first kappa shape index (κ1) is 14.9. The van der Waals surface area contributed by atoms with Gasteiger partial charge in [0.05, 0.1) is 13.2 Å². The lowest BCUT2D eigenvalue weighted by Crippen LogP contribution is -2.30. The summed E-state index contributed by atoms with van der Waals surface area (Å²) in [5.74, 6) is 0.845. The molecule has 0 amide bonds. The Morgan fingerprint density at radius 2 is 1.95 bits per heavy atom. The molecule has 2 rings (SSSR count). The van der Waals surface area contributed by atoms with Crippen molar-refractivity contribution < 1.29 is 4.74 Å². The Hall–Kier alpha value is -1.52. The first-order chi connectivity index (χ1) is 9.67. The molecule has 4 heteroatoms. The second-order valence-corrected chi connectivity index (χ2v) is 5.44. The maximum absolute atomic E-state index is 5.99. The molecule has 0 bridgehead atoms. The minimum atomic E-state index is 0.109. The minimum absolute atomic E-state index is 0.109. The fourth-order valence-corrected chi connectivity index (χ4v) is 2.80. The number of nitrogens with zero attached hydrogens (tertiary/aromatic N) is 1. The van der Waals surface area contributed by atoms with Gasteiger partial charge in [-0.25, -0.2) is 0 Å². The van der Waals surface area contributed by atoms with Crippen molar-refractivity contribution in [3.05, 3.63) is 58.6 Å². The predicted octanol–water partition coefficient (Wildman–Crippen LogP) is 3.59. The molecule has 2 aromatic carbocycles. The molecule has 0 aliphatic heterocycles. The molecule has 0 saturated heterocycles. The SMILES string of the molecule is COc1cccc(N(C)C(CN)c2ccccc2Br)c1. The van der Waals surface area contributed by atoms with Crippen LogP contribution in [0.1, 0.15) is 11.6 Å². The quantitative estimate of drug-likeness (QED) is 0.907. The van der Waals surface area contributed by atoms with Gasteiger partial charge in [-0.1, -0.05) is 40.2 Å². The number of hydrogen-bond acceptors (Lipinski definition) is 3. The number of nitrogens with two attached hydrogens (primary N) is 1. The molecule has 0 spiro atoms. The predicted molar refractivity (Wildman–Crippen MR) is 87.3 cm³/mol. The van der Waals surface area contributed by atoms with Crippen LogP contribution in [0.4, 0.5) is 5.69 Å². The van der Waals surface area contributed by atoms with Crippen molar-refractivity contribution in [1.82, 2.24) is 0 Å². The second-order valence-electron chi connectivity index (χ2n) is 4.59. The Kier molecular flexibility index (Phi) is 5.04. The molecule has 0 saturated carbocycles. The summed E-state index contributed by atoms with van der Waals surface area (Å²) in [5.41, 5.74) is 8.25. The van der Waals surface area contributed by atoms with Crippen LogP contribution in [0.25, 0.3) is 0 Å². The first-order valence-electron chi connectivity index (χ1n) is 6.48. The maximum atomic E-state index is 5.99. The summed E-state index contributed by atoms with van der Waals surface area (Å²) in [5, 5.41) is 0. The van der Waals surface area contributed by atoms with Crippen molar-refractivity contribution in [2.75, 3.05) is 25.6 Å². The van der Waals surface area contributed by atoms with Crippen molar-refractivity contribution in [3.8, 4) is 5.75 Å². The number of methoxy groups -OCH3 is 1. The zero-order valence-corrected chi connectivity index (χ0v) is 13.3. The lowest BCUT2D eigenvalue weighted by atomic mass is 10.1. The molecule has 0 aliphatic carbocycles. The summed E-state index contributed by atoms with van der Waals surface area (Å²) in [6.07, 6.45) is 0. The minimum Gasteiger partial charge on any atom is -0.497 e. The summed E-state index contributed by atoms with van der Waals surface area (Å²) in [6, 6.07) is 16.3. The highest BCUT2D eigenvalue weighted by Gasteiger charge is 2.18. The van der Waals surface area contributed by atoms with Gasteiger partial charge in [0.2, 0.25) is 0 Å². The Morgan fingerprint density at radius 1 is 1.20 bits per heavy atom. The van der Waals surface area contributed by atoms with Crippen LogP contribution in [0.2, 0.25) is 0 Å². The van der Waals surface area contributed by atoms with E-state index >= 15 is 0 Å². The normalized spacial score (nSPS) is 12.0. The van der Waals surface area contributed by atoms with E-state index in [4.69, 9.17) is 10.5 Å². The molecule has 1 unspecified atom stereocenters. The highest BCUT2D eigenvalue weighted by molar-refractivity contribution is 9.10. The average molecular weight is 335 g/mol. The topological polar surface area (TPSA) is 38.5 Å². The number of halogens is 1. The van der Waals surface area contributed by atoms with Gasteiger partial charge in [0.25, 0.3) is 0 Å². The summed E-state index contributed by atoms with van der Waals surface area (Å²) >= 11 is 3.60. The van der Waals surface area contributed by atoms with Crippen LogP contribution in [-0.4, -0.2) is 20.7 Å². The molecule has 2 aromatic rings. The van der Waals surface area contributed by atoms with Gasteiger partial charge >= 0.3 is 0 Å². The summed E-state index contributed by atoms with van der Waals surface area (Å²) in [4.78, 5) is 2.17. The lowest BCUT2D eigenvalue weighted by Gasteiger charge is -2.30. The van der Waals surface area contributed by atoms with Gasteiger partial charge in [0.15, 0.2) is 0 Å². The monoisotopic (exact) mass is 334 g/mol. The zero-order valence-electron chi connectivity index (χ0n) is 11.7. The third-order valence-electron chi connectivity index (χ3n) is 3.42. The molecular formula is C16H19BrN2O. The van der Waals surface area contributed by atoms with Gasteiger partial charge in [-0.2, -0.15) is 0 Å². The fraction of sp³-hybridized carbons (Fsp3) is 0.250. The van der Waals surface area contributed by atoms with E-state index in [-0.39, 0.29) is 6.04 Å². The van der Waals surface area contributed by atoms with Crippen LogP contribution in [0.15, 0.2) is 53.0 Å². The van der Waals surface area contributed by atoms with E-state index in [0.717, 1.165) is 15.9 Å². The number of ether oxygens (including phenoxy) is 1. The third kappa shape index (κ3) is 3.14. The van der Waals surface area contributed by atoms with Crippen molar-refractivity contribution >= 4 is 21.6 Å². The molecular weight excluding hydrogens is 316 g/mol. The smallest absolute Gasteiger partial charge is 0.120 e. The number of anilines is 1. The summed E-state index contributed by atoms with van der Waals surface area (Å²) in [6.45, 7) is 0.538. The van der Waals surface area contributed by atoms with Gasteiger partial charge in [-0.05, 0) is 23.8 Å². The fourth-order valence-electron chi connectivity index (χ4n) is 2.25. The Morgan fingerprint density at radius 3 is 2.60 bits per heavy atom. The molecule has 0 aromatic heterocycles. The standard InChI is InChI=1S/C16H19BrN2O/c1-19(12-6-5-7-13(10-12)20-2)16(11-18)14-8-3-4-9-15(14)17/h3-10,16H,11,18H2,1-2H3. The van der Waals surface area contributed by atoms with E-state index < -0.39 is 0 Å². The molecule has 2 N–H and O–H groups in total. The number of likely N-dealkylation sites (N-methyl/N-ethyl adjacent to an activating group) is 1. The van der Waals surface area contributed by atoms with Crippen LogP contribution in [0.5, 0.6) is 5.75 Å². The highest BCUT2D eigenvalue weighted by atomic mass is 79.9. The lowest BCUT2D eigenvalue weighted by molar-refractivity contribution is 0.414. The van der Waals surface area contributed by atoms with Crippen LogP contribution >= 0.6 is 15.9 Å². The Bertz CT molecular complexity index is 574. The van der Waals surface area contributed by atoms with E-state index in [1.807, 2.05) is 43.4 Å². The molecule has 1 atom stereocenters. The highest BCUT2D eigenvalue weighted by Crippen LogP contribution is 2.31. The van der Waals surface area contributed by atoms with E-state index in [1.54, 1.807) is 7.11 Å². The van der Waals surface area contributed by atoms with E-state index in [1.165, 1.54) is 5.56 Å². The Labute approximate surface area is 128 Å². The average Bonchev–Trinajstić information content (AvgIpc) is 2.49. The molecule has 20 heavy (non-hydrogen) atoms. The van der Waals surface area contributed by atoms with E-state index in [0.29, 0.717) is 6.54 Å². The van der Waals surface area contributed by atoms with E-state index in [9.17, 15) is 0 Å². The molecule has 3 nitrogen and oxygen atoms in total. The molecule has 0 aliphatic rings. The molecule has 106 valence electrons. The van der Waals surface area contributed by atoms with E-state index in [2.05, 4.69) is 33.0 Å². The molecule has 0 heterocycles. The van der Waals surface area contributed by atoms with Crippen LogP contribution in [0, 0.1) is 0 Å². The maximum Gasteiger partial charge on any atom is 0.120 e. The first-order valence-corrected chi connectivity index (χ1v) is 7.28. The third-order valence-corrected chi connectivity index (χ3v) is 4.14. The number of hydrogen-bond donors (Lipinski definition) is 1. The molecule has 0 fully saturated rings.